The predicted octanol–water partition coefficient (Wildman–Crippen LogP) is 0.337. The van der Waals surface area contributed by atoms with Crippen LogP contribution in [-0.4, -0.2) is 38.8 Å². The first kappa shape index (κ1) is 15.0. The van der Waals surface area contributed by atoms with E-state index in [4.69, 9.17) is 0 Å². The minimum Gasteiger partial charge on any atom is -0.466 e. The molecule has 0 saturated heterocycles. The molecule has 0 aliphatic heterocycles. The zero-order chi connectivity index (χ0) is 14.4. The van der Waals surface area contributed by atoms with E-state index >= 15 is 0 Å². The molecule has 0 bridgehead atoms. The van der Waals surface area contributed by atoms with Crippen LogP contribution in [0.3, 0.4) is 0 Å². The maximum atomic E-state index is 11.1. The Morgan fingerprint density at radius 3 is 2.68 bits per heavy atom. The van der Waals surface area contributed by atoms with E-state index in [9.17, 15) is 25.1 Å². The van der Waals surface area contributed by atoms with Gasteiger partial charge in [0.25, 0.3) is 5.69 Å². The van der Waals surface area contributed by atoms with Gasteiger partial charge < -0.3 is 14.9 Å². The summed E-state index contributed by atoms with van der Waals surface area (Å²) in [5.74, 6) is -0.643. The molecule has 2 unspecified atom stereocenters. The third-order valence-electron chi connectivity index (χ3n) is 2.33. The van der Waals surface area contributed by atoms with Gasteiger partial charge in [-0.15, -0.1) is 0 Å². The van der Waals surface area contributed by atoms with E-state index in [1.165, 1.54) is 6.07 Å². The number of nitro groups is 1. The maximum Gasteiger partial charge on any atom is 0.308 e. The molecule has 0 aliphatic rings. The number of carbonyl (C=O) groups is 1. The van der Waals surface area contributed by atoms with E-state index in [0.29, 0.717) is 0 Å². The number of hydrogen-bond acceptors (Lipinski definition) is 7. The minimum absolute atomic E-state index is 0.0439. The van der Waals surface area contributed by atoms with Gasteiger partial charge in [0, 0.05) is 6.07 Å². The molecule has 104 valence electrons. The Hall–Kier alpha value is -2.06. The third kappa shape index (κ3) is 4.27. The van der Waals surface area contributed by atoms with Gasteiger partial charge in [0.05, 0.1) is 29.7 Å². The summed E-state index contributed by atoms with van der Waals surface area (Å²) in [7, 11) is 0. The third-order valence-corrected chi connectivity index (χ3v) is 2.33. The van der Waals surface area contributed by atoms with Crippen molar-refractivity contribution >= 4 is 11.7 Å². The average Bonchev–Trinajstić information content (AvgIpc) is 2.38. The molecule has 0 radical (unpaired) electrons. The fourth-order valence-corrected chi connectivity index (χ4v) is 1.38. The van der Waals surface area contributed by atoms with Crippen LogP contribution in [0.2, 0.25) is 0 Å². The minimum atomic E-state index is -1.41. The van der Waals surface area contributed by atoms with Crippen molar-refractivity contribution in [2.45, 2.75) is 25.6 Å². The lowest BCUT2D eigenvalue weighted by atomic mass is 10.1. The molecule has 0 aliphatic carbocycles. The van der Waals surface area contributed by atoms with Crippen molar-refractivity contribution in [2.75, 3.05) is 6.61 Å². The molecule has 1 heterocycles. The lowest BCUT2D eigenvalue weighted by Gasteiger charge is -2.16. The fourth-order valence-electron chi connectivity index (χ4n) is 1.38. The van der Waals surface area contributed by atoms with Crippen molar-refractivity contribution < 1.29 is 24.7 Å². The number of pyridine rings is 1. The first-order valence-electron chi connectivity index (χ1n) is 5.57. The normalized spacial score (nSPS) is 13.6. The smallest absolute Gasteiger partial charge is 0.308 e. The largest absolute Gasteiger partial charge is 0.466 e. The molecule has 0 spiro atoms. The maximum absolute atomic E-state index is 11.1. The SMILES string of the molecule is CCOC(=O)CC(O)C(O)c1ccc([N+](=O)[O-])cn1. The van der Waals surface area contributed by atoms with Gasteiger partial charge >= 0.3 is 5.97 Å². The summed E-state index contributed by atoms with van der Waals surface area (Å²) < 4.78 is 4.63. The van der Waals surface area contributed by atoms with Crippen LogP contribution in [0, 0.1) is 10.1 Å². The van der Waals surface area contributed by atoms with Gasteiger partial charge in [-0.2, -0.15) is 0 Å². The number of aliphatic hydroxyl groups excluding tert-OH is 2. The first-order chi connectivity index (χ1) is 8.95. The van der Waals surface area contributed by atoms with Gasteiger partial charge in [0.1, 0.15) is 12.3 Å². The Labute approximate surface area is 108 Å². The molecule has 8 heteroatoms. The summed E-state index contributed by atoms with van der Waals surface area (Å²) in [6.07, 6.45) is -2.21. The summed E-state index contributed by atoms with van der Waals surface area (Å²) in [4.78, 5) is 24.6. The Morgan fingerprint density at radius 2 is 2.21 bits per heavy atom. The van der Waals surface area contributed by atoms with E-state index in [2.05, 4.69) is 9.72 Å². The van der Waals surface area contributed by atoms with Gasteiger partial charge in [-0.05, 0) is 13.0 Å². The number of hydrogen-bond donors (Lipinski definition) is 2. The van der Waals surface area contributed by atoms with E-state index in [0.717, 1.165) is 12.3 Å². The van der Waals surface area contributed by atoms with E-state index < -0.39 is 23.1 Å². The van der Waals surface area contributed by atoms with Gasteiger partial charge in [-0.3, -0.25) is 19.9 Å². The second kappa shape index (κ2) is 6.76. The summed E-state index contributed by atoms with van der Waals surface area (Å²) in [6, 6.07) is 2.37. The topological polar surface area (TPSA) is 123 Å². The van der Waals surface area contributed by atoms with Crippen LogP contribution in [0.25, 0.3) is 0 Å². The molecule has 0 aromatic carbocycles. The molecule has 8 nitrogen and oxygen atoms in total. The Kier molecular flexibility index (Phi) is 5.34. The summed E-state index contributed by atoms with van der Waals surface area (Å²) in [5, 5.41) is 29.8. The molecule has 2 N–H and O–H groups in total. The second-order valence-electron chi connectivity index (χ2n) is 3.72. The second-order valence-corrected chi connectivity index (χ2v) is 3.72. The van der Waals surface area contributed by atoms with Gasteiger partial charge in [0.15, 0.2) is 0 Å². The van der Waals surface area contributed by atoms with Gasteiger partial charge in [-0.25, -0.2) is 0 Å². The van der Waals surface area contributed by atoms with Crippen LogP contribution < -0.4 is 0 Å². The zero-order valence-corrected chi connectivity index (χ0v) is 10.2. The molecule has 0 saturated carbocycles. The van der Waals surface area contributed by atoms with E-state index in [-0.39, 0.29) is 24.4 Å². The summed E-state index contributed by atoms with van der Waals surface area (Å²) in [6.45, 7) is 1.80. The lowest BCUT2D eigenvalue weighted by molar-refractivity contribution is -0.385. The Balaban J connectivity index is 2.68. The van der Waals surface area contributed by atoms with Crippen LogP contribution in [0.5, 0.6) is 0 Å². The fraction of sp³-hybridized carbons (Fsp3) is 0.455. The van der Waals surface area contributed by atoms with Crippen LogP contribution >= 0.6 is 0 Å². The Bertz CT molecular complexity index is 447. The summed E-state index contributed by atoms with van der Waals surface area (Å²) >= 11 is 0. The van der Waals surface area contributed by atoms with Crippen molar-refractivity contribution in [1.82, 2.24) is 4.98 Å². The number of aliphatic hydroxyl groups is 2. The predicted molar refractivity (Wildman–Crippen MR) is 63.1 cm³/mol. The number of carbonyl (C=O) groups excluding carboxylic acids is 1. The standard InChI is InChI=1S/C11H14N2O6/c1-2-19-10(15)5-9(14)11(16)8-4-3-7(6-12-8)13(17)18/h3-4,6,9,11,14,16H,2,5H2,1H3. The van der Waals surface area contributed by atoms with Crippen molar-refractivity contribution in [3.63, 3.8) is 0 Å². The van der Waals surface area contributed by atoms with E-state index in [1.54, 1.807) is 6.92 Å². The van der Waals surface area contributed by atoms with Crippen molar-refractivity contribution in [3.8, 4) is 0 Å². The van der Waals surface area contributed by atoms with Gasteiger partial charge in [-0.1, -0.05) is 0 Å². The van der Waals surface area contributed by atoms with Crippen LogP contribution in [-0.2, 0) is 9.53 Å². The van der Waals surface area contributed by atoms with Crippen molar-refractivity contribution in [3.05, 3.63) is 34.1 Å². The molecule has 1 aromatic rings. The number of aromatic nitrogens is 1. The molecule has 0 amide bonds. The summed E-state index contributed by atoms with van der Waals surface area (Å²) in [5.41, 5.74) is -0.182. The number of ether oxygens (including phenoxy) is 1. The highest BCUT2D eigenvalue weighted by atomic mass is 16.6. The highest BCUT2D eigenvalue weighted by molar-refractivity contribution is 5.70. The number of nitrogens with zero attached hydrogens (tertiary/aromatic N) is 2. The molecular formula is C11H14N2O6. The number of esters is 1. The molecule has 2 atom stereocenters. The van der Waals surface area contributed by atoms with Crippen LogP contribution in [0.1, 0.15) is 25.1 Å². The van der Waals surface area contributed by atoms with Crippen molar-refractivity contribution in [2.24, 2.45) is 0 Å². The molecule has 1 aromatic heterocycles. The van der Waals surface area contributed by atoms with Gasteiger partial charge in [0.2, 0.25) is 0 Å². The average molecular weight is 270 g/mol. The highest BCUT2D eigenvalue weighted by Gasteiger charge is 2.23. The first-order valence-corrected chi connectivity index (χ1v) is 5.57. The Morgan fingerprint density at radius 1 is 1.53 bits per heavy atom. The molecule has 19 heavy (non-hydrogen) atoms. The quantitative estimate of drug-likeness (QED) is 0.434. The van der Waals surface area contributed by atoms with Crippen molar-refractivity contribution in [1.29, 1.82) is 0 Å². The monoisotopic (exact) mass is 270 g/mol. The van der Waals surface area contributed by atoms with Crippen LogP contribution in [0.4, 0.5) is 5.69 Å². The number of rotatable bonds is 6. The lowest BCUT2D eigenvalue weighted by Crippen LogP contribution is -2.23. The zero-order valence-electron chi connectivity index (χ0n) is 10.2. The van der Waals surface area contributed by atoms with E-state index in [1.807, 2.05) is 0 Å². The highest BCUT2D eigenvalue weighted by Crippen LogP contribution is 2.19. The molecular weight excluding hydrogens is 256 g/mol. The molecule has 1 rings (SSSR count). The molecule has 0 fully saturated rings. The van der Waals surface area contributed by atoms with Crippen LogP contribution in [0.15, 0.2) is 18.3 Å².